The van der Waals surface area contributed by atoms with Gasteiger partial charge in [-0.15, -0.1) is 0 Å². The van der Waals surface area contributed by atoms with E-state index < -0.39 is 18.2 Å². The minimum atomic E-state index is -0.777. The zero-order valence-corrected chi connectivity index (χ0v) is 32.4. The number of hydrogen-bond acceptors (Lipinski definition) is 9. The van der Waals surface area contributed by atoms with Gasteiger partial charge in [0.15, 0.2) is 6.04 Å². The molecule has 3 amide bonds. The zero-order valence-electron chi connectivity index (χ0n) is 32.4. The summed E-state index contributed by atoms with van der Waals surface area (Å²) in [4.78, 5) is 73.3. The van der Waals surface area contributed by atoms with Crippen LogP contribution in [-0.4, -0.2) is 87.4 Å². The normalized spacial score (nSPS) is 17.8. The van der Waals surface area contributed by atoms with Gasteiger partial charge in [-0.1, -0.05) is 68.2 Å². The lowest BCUT2D eigenvalue weighted by Crippen LogP contribution is -2.51. The van der Waals surface area contributed by atoms with Crippen molar-refractivity contribution in [3.05, 3.63) is 107 Å². The van der Waals surface area contributed by atoms with Gasteiger partial charge >= 0.3 is 6.09 Å². The van der Waals surface area contributed by atoms with Gasteiger partial charge < -0.3 is 34.7 Å². The molecule has 294 valence electrons. The first kappa shape index (κ1) is 38.8. The number of rotatable bonds is 11. The van der Waals surface area contributed by atoms with Gasteiger partial charge in [0.05, 0.1) is 49.2 Å². The molecule has 5 aromatic rings. The Hall–Kier alpha value is -6.46. The first-order valence-corrected chi connectivity index (χ1v) is 19.1. The number of benzene rings is 3. The van der Waals surface area contributed by atoms with Gasteiger partial charge in [-0.3, -0.25) is 9.59 Å². The van der Waals surface area contributed by atoms with Crippen molar-refractivity contribution in [2.75, 3.05) is 27.3 Å². The molecule has 2 fully saturated rings. The molecule has 2 aromatic heterocycles. The maximum atomic E-state index is 13.9. The van der Waals surface area contributed by atoms with E-state index >= 15 is 0 Å². The van der Waals surface area contributed by atoms with Crippen LogP contribution in [0, 0.1) is 17.8 Å². The number of methoxy groups -OCH3 is 1. The molecule has 0 bridgehead atoms. The van der Waals surface area contributed by atoms with Gasteiger partial charge in [0.25, 0.3) is 5.91 Å². The number of imidazole rings is 2. The fourth-order valence-electron chi connectivity index (χ4n) is 7.52. The van der Waals surface area contributed by atoms with E-state index in [2.05, 4.69) is 42.0 Å². The molecule has 0 spiro atoms. The number of nitrogens with zero attached hydrogens (tertiary/aromatic N) is 5. The predicted molar refractivity (Wildman–Crippen MR) is 213 cm³/mol. The molecule has 57 heavy (non-hydrogen) atoms. The van der Waals surface area contributed by atoms with Crippen LogP contribution in [0.2, 0.25) is 0 Å². The van der Waals surface area contributed by atoms with Gasteiger partial charge in [-0.05, 0) is 73.1 Å². The van der Waals surface area contributed by atoms with Crippen LogP contribution in [0.4, 0.5) is 4.79 Å². The Balaban J connectivity index is 1.02. The average molecular weight is 771 g/mol. The van der Waals surface area contributed by atoms with Gasteiger partial charge in [0.1, 0.15) is 17.7 Å². The van der Waals surface area contributed by atoms with Crippen LogP contribution in [-0.2, 0) is 24.1 Å². The monoisotopic (exact) mass is 770 g/mol. The number of fused-ring (bicyclic) bond motifs is 1. The van der Waals surface area contributed by atoms with Gasteiger partial charge in [-0.25, -0.2) is 19.8 Å². The lowest BCUT2D eigenvalue weighted by Gasteiger charge is -2.30. The molecular weight excluding hydrogens is 725 g/mol. The van der Waals surface area contributed by atoms with Gasteiger partial charge in [-0.2, -0.15) is 4.89 Å². The maximum absolute atomic E-state index is 13.9. The highest BCUT2D eigenvalue weighted by atomic mass is 17.2. The molecule has 3 N–H and O–H groups in total. The highest BCUT2D eigenvalue weighted by molar-refractivity contribution is 5.87. The molecule has 4 heterocycles. The quantitative estimate of drug-likeness (QED) is 0.0456. The summed E-state index contributed by atoms with van der Waals surface area (Å²) in [5, 5.41) is 2.69. The minimum absolute atomic E-state index is 0.108. The average Bonchev–Trinajstić information content (AvgIpc) is 4.07. The standard InChI is InChI=1S/C43H46N8O6/c1-27(2)37(49-43(54)55-3)41(52)50-22-8-12-35(50)39-44-25-34(48-39)30-19-16-28(17-20-30)14-15-29-18-21-32-33(24-29)47-40(46-32)36-13-9-23-51(36)42(53)38(45-26-57-56-4)31-10-6-5-7-11-31/h5-7,10-11,16-21,24-27,35-38H,8-9,12-13,22-23H2,1-4H3,(H,44,48)(H,46,47)(H,49,54)/t35-,36-,37-,38-/m0/s1. The van der Waals surface area contributed by atoms with Crippen molar-refractivity contribution in [2.24, 2.45) is 10.9 Å². The summed E-state index contributed by atoms with van der Waals surface area (Å²) in [5.74, 6) is 7.59. The van der Waals surface area contributed by atoms with E-state index in [1.54, 1.807) is 11.1 Å². The molecule has 4 atom stereocenters. The van der Waals surface area contributed by atoms with Crippen molar-refractivity contribution in [1.82, 2.24) is 35.1 Å². The smallest absolute Gasteiger partial charge is 0.407 e. The number of aromatic nitrogens is 4. The molecule has 7 rings (SSSR count). The topological polar surface area (TPSA) is 167 Å². The summed E-state index contributed by atoms with van der Waals surface area (Å²) in [6.07, 6.45) is 5.56. The third kappa shape index (κ3) is 8.69. The van der Waals surface area contributed by atoms with Crippen LogP contribution in [0.5, 0.6) is 0 Å². The van der Waals surface area contributed by atoms with E-state index in [0.717, 1.165) is 76.9 Å². The minimum Gasteiger partial charge on any atom is -0.453 e. The summed E-state index contributed by atoms with van der Waals surface area (Å²) >= 11 is 0. The number of aromatic amines is 2. The molecule has 0 saturated carbocycles. The highest BCUT2D eigenvalue weighted by Gasteiger charge is 2.38. The van der Waals surface area contributed by atoms with Crippen LogP contribution >= 0.6 is 0 Å². The third-order valence-corrected chi connectivity index (χ3v) is 10.4. The molecule has 0 aliphatic carbocycles. The fraction of sp³-hybridized carbons (Fsp3) is 0.349. The largest absolute Gasteiger partial charge is 0.453 e. The molecule has 0 unspecified atom stereocenters. The number of H-pyrrole nitrogens is 2. The van der Waals surface area contributed by atoms with E-state index in [0.29, 0.717) is 18.9 Å². The second kappa shape index (κ2) is 17.6. The van der Waals surface area contributed by atoms with Crippen LogP contribution in [0.1, 0.15) is 86.0 Å². The summed E-state index contributed by atoms with van der Waals surface area (Å²) in [6.45, 7) is 4.98. The van der Waals surface area contributed by atoms with Crippen LogP contribution in [0.3, 0.4) is 0 Å². The Morgan fingerprint density at radius 2 is 1.56 bits per heavy atom. The van der Waals surface area contributed by atoms with Crippen LogP contribution < -0.4 is 5.32 Å². The lowest BCUT2D eigenvalue weighted by molar-refractivity contribution is -0.188. The van der Waals surface area contributed by atoms with E-state index in [4.69, 9.17) is 14.6 Å². The Kier molecular flexibility index (Phi) is 12.0. The summed E-state index contributed by atoms with van der Waals surface area (Å²) in [5.41, 5.74) is 5.86. The second-order valence-corrected chi connectivity index (χ2v) is 14.4. The number of alkyl carbamates (subject to hydrolysis) is 1. The van der Waals surface area contributed by atoms with Crippen LogP contribution in [0.15, 0.2) is 84.0 Å². The Morgan fingerprint density at radius 3 is 2.26 bits per heavy atom. The van der Waals surface area contributed by atoms with Crippen molar-refractivity contribution in [3.8, 4) is 23.1 Å². The molecule has 14 heteroatoms. The van der Waals surface area contributed by atoms with E-state index in [1.807, 2.05) is 91.5 Å². The number of ether oxygens (including phenoxy) is 1. The molecular formula is C43H46N8O6. The first-order valence-electron chi connectivity index (χ1n) is 19.1. The van der Waals surface area contributed by atoms with E-state index in [-0.39, 0.29) is 29.8 Å². The fourth-order valence-corrected chi connectivity index (χ4v) is 7.52. The van der Waals surface area contributed by atoms with Gasteiger partial charge in [0, 0.05) is 24.2 Å². The SMILES string of the molecule is COOC=N[C@H](C(=O)N1CCC[C@H]1c1nc2ccc(C#Cc3ccc(-c4cnc([C@@H]5CCCN5C(=O)[C@@H](NC(=O)OC)C(C)C)[nH]4)cc3)cc2[nH]1)c1ccccc1. The first-order chi connectivity index (χ1) is 27.7. The Labute approximate surface area is 331 Å². The summed E-state index contributed by atoms with van der Waals surface area (Å²) in [7, 11) is 2.67. The van der Waals surface area contributed by atoms with Crippen molar-refractivity contribution in [1.29, 1.82) is 0 Å². The Morgan fingerprint density at radius 1 is 0.877 bits per heavy atom. The Bertz CT molecular complexity index is 2290. The van der Waals surface area contributed by atoms with Crippen molar-refractivity contribution in [2.45, 2.75) is 63.7 Å². The molecule has 0 radical (unpaired) electrons. The highest BCUT2D eigenvalue weighted by Crippen LogP contribution is 2.35. The molecule has 2 aliphatic rings. The number of amides is 3. The van der Waals surface area contributed by atoms with Crippen LogP contribution in [0.25, 0.3) is 22.3 Å². The summed E-state index contributed by atoms with van der Waals surface area (Å²) < 4.78 is 4.75. The maximum Gasteiger partial charge on any atom is 0.407 e. The van der Waals surface area contributed by atoms with Gasteiger partial charge in [0.2, 0.25) is 12.3 Å². The molecule has 3 aromatic carbocycles. The number of hydrogen-bond donors (Lipinski definition) is 3. The zero-order chi connectivity index (χ0) is 39.9. The van der Waals surface area contributed by atoms with E-state index in [1.165, 1.54) is 14.2 Å². The van der Waals surface area contributed by atoms with E-state index in [9.17, 15) is 14.4 Å². The molecule has 2 aliphatic heterocycles. The molecule has 14 nitrogen and oxygen atoms in total. The van der Waals surface area contributed by atoms with Crippen molar-refractivity contribution in [3.63, 3.8) is 0 Å². The number of carbonyl (C=O) groups excluding carboxylic acids is 3. The second-order valence-electron chi connectivity index (χ2n) is 14.4. The third-order valence-electron chi connectivity index (χ3n) is 10.4. The van der Waals surface area contributed by atoms with Crippen molar-refractivity contribution < 1.29 is 28.9 Å². The predicted octanol–water partition coefficient (Wildman–Crippen LogP) is 6.41. The number of carbonyl (C=O) groups is 3. The number of likely N-dealkylation sites (tertiary alicyclic amines) is 2. The molecule has 2 saturated heterocycles. The number of nitrogens with one attached hydrogen (secondary N) is 3. The lowest BCUT2D eigenvalue weighted by atomic mass is 10.0. The summed E-state index contributed by atoms with van der Waals surface area (Å²) in [6, 6.07) is 21.3. The number of aliphatic imine (C=N–C) groups is 1. The van der Waals surface area contributed by atoms with Crippen molar-refractivity contribution >= 4 is 35.3 Å².